The van der Waals surface area contributed by atoms with Crippen molar-refractivity contribution in [1.82, 2.24) is 10.3 Å². The molecule has 0 unspecified atom stereocenters. The standard InChI is InChI=1S/C13H20N2O/c1-13(5-8-16-9-6-13)11-14-10-12-4-2-3-7-15-12/h2-4,7,14H,5-6,8-11H2,1H3. The molecule has 0 spiro atoms. The zero-order chi connectivity index (χ0) is 11.3. The summed E-state index contributed by atoms with van der Waals surface area (Å²) in [5, 5.41) is 3.49. The fourth-order valence-corrected chi connectivity index (χ4v) is 2.04. The van der Waals surface area contributed by atoms with Crippen LogP contribution in [0, 0.1) is 5.41 Å². The van der Waals surface area contributed by atoms with Crippen molar-refractivity contribution in [2.45, 2.75) is 26.3 Å². The van der Waals surface area contributed by atoms with E-state index in [0.29, 0.717) is 5.41 Å². The van der Waals surface area contributed by atoms with Crippen LogP contribution in [0.25, 0.3) is 0 Å². The number of pyridine rings is 1. The molecule has 0 bridgehead atoms. The van der Waals surface area contributed by atoms with Gasteiger partial charge in [0.25, 0.3) is 0 Å². The zero-order valence-corrected chi connectivity index (χ0v) is 9.91. The van der Waals surface area contributed by atoms with Crippen LogP contribution in [-0.4, -0.2) is 24.7 Å². The molecule has 1 aliphatic heterocycles. The van der Waals surface area contributed by atoms with E-state index >= 15 is 0 Å². The molecule has 16 heavy (non-hydrogen) atoms. The van der Waals surface area contributed by atoms with Gasteiger partial charge < -0.3 is 10.1 Å². The Hall–Kier alpha value is -0.930. The third-order valence-corrected chi connectivity index (χ3v) is 3.28. The van der Waals surface area contributed by atoms with Crippen molar-refractivity contribution in [1.29, 1.82) is 0 Å². The number of nitrogens with zero attached hydrogens (tertiary/aromatic N) is 1. The molecule has 1 aromatic rings. The van der Waals surface area contributed by atoms with Gasteiger partial charge in [-0.1, -0.05) is 13.0 Å². The molecule has 1 aliphatic rings. The average Bonchev–Trinajstić information content (AvgIpc) is 2.31. The summed E-state index contributed by atoms with van der Waals surface area (Å²) in [5.41, 5.74) is 1.51. The van der Waals surface area contributed by atoms with E-state index in [1.54, 1.807) is 0 Å². The summed E-state index contributed by atoms with van der Waals surface area (Å²) in [5.74, 6) is 0. The molecule has 0 saturated carbocycles. The third-order valence-electron chi connectivity index (χ3n) is 3.28. The van der Waals surface area contributed by atoms with Gasteiger partial charge in [-0.15, -0.1) is 0 Å². The molecule has 0 atom stereocenters. The van der Waals surface area contributed by atoms with Crippen LogP contribution in [0.3, 0.4) is 0 Å². The largest absolute Gasteiger partial charge is 0.381 e. The molecule has 2 heterocycles. The minimum absolute atomic E-state index is 0.396. The van der Waals surface area contributed by atoms with E-state index in [4.69, 9.17) is 4.74 Å². The minimum Gasteiger partial charge on any atom is -0.381 e. The van der Waals surface area contributed by atoms with Crippen molar-refractivity contribution in [2.75, 3.05) is 19.8 Å². The second-order valence-corrected chi connectivity index (χ2v) is 4.85. The molecule has 1 saturated heterocycles. The van der Waals surface area contributed by atoms with E-state index < -0.39 is 0 Å². The van der Waals surface area contributed by atoms with Crippen LogP contribution >= 0.6 is 0 Å². The van der Waals surface area contributed by atoms with Crippen molar-refractivity contribution < 1.29 is 4.74 Å². The maximum atomic E-state index is 5.39. The maximum absolute atomic E-state index is 5.39. The van der Waals surface area contributed by atoms with Crippen molar-refractivity contribution in [3.63, 3.8) is 0 Å². The Morgan fingerprint density at radius 1 is 1.38 bits per heavy atom. The molecule has 0 amide bonds. The maximum Gasteiger partial charge on any atom is 0.0541 e. The van der Waals surface area contributed by atoms with E-state index in [2.05, 4.69) is 23.3 Å². The first kappa shape index (κ1) is 11.6. The number of hydrogen-bond donors (Lipinski definition) is 1. The molecular weight excluding hydrogens is 200 g/mol. The zero-order valence-electron chi connectivity index (χ0n) is 9.91. The molecule has 3 nitrogen and oxygen atoms in total. The van der Waals surface area contributed by atoms with E-state index in [-0.39, 0.29) is 0 Å². The lowest BCUT2D eigenvalue weighted by atomic mass is 9.82. The highest BCUT2D eigenvalue weighted by molar-refractivity contribution is 5.03. The first-order valence-electron chi connectivity index (χ1n) is 5.97. The smallest absolute Gasteiger partial charge is 0.0541 e. The second-order valence-electron chi connectivity index (χ2n) is 4.85. The fourth-order valence-electron chi connectivity index (χ4n) is 2.04. The molecule has 0 radical (unpaired) electrons. The van der Waals surface area contributed by atoms with Crippen LogP contribution in [0.5, 0.6) is 0 Å². The van der Waals surface area contributed by atoms with Gasteiger partial charge >= 0.3 is 0 Å². The predicted octanol–water partition coefficient (Wildman–Crippen LogP) is 1.99. The highest BCUT2D eigenvalue weighted by Crippen LogP contribution is 2.28. The number of hydrogen-bond acceptors (Lipinski definition) is 3. The summed E-state index contributed by atoms with van der Waals surface area (Å²) in [7, 11) is 0. The Morgan fingerprint density at radius 3 is 2.88 bits per heavy atom. The Morgan fingerprint density at radius 2 is 2.19 bits per heavy atom. The monoisotopic (exact) mass is 220 g/mol. The summed E-state index contributed by atoms with van der Waals surface area (Å²) in [6.07, 6.45) is 4.15. The van der Waals surface area contributed by atoms with Gasteiger partial charge in [0, 0.05) is 32.5 Å². The van der Waals surface area contributed by atoms with Crippen LogP contribution in [0.15, 0.2) is 24.4 Å². The first-order valence-corrected chi connectivity index (χ1v) is 5.97. The molecule has 0 aliphatic carbocycles. The Kier molecular flexibility index (Phi) is 3.91. The molecular formula is C13H20N2O. The second kappa shape index (κ2) is 5.41. The van der Waals surface area contributed by atoms with Crippen LogP contribution in [0.4, 0.5) is 0 Å². The number of aromatic nitrogens is 1. The van der Waals surface area contributed by atoms with Gasteiger partial charge in [0.2, 0.25) is 0 Å². The van der Waals surface area contributed by atoms with Gasteiger partial charge in [-0.3, -0.25) is 4.98 Å². The normalized spacial score (nSPS) is 19.6. The van der Waals surface area contributed by atoms with Crippen molar-refractivity contribution in [2.24, 2.45) is 5.41 Å². The van der Waals surface area contributed by atoms with Crippen LogP contribution < -0.4 is 5.32 Å². The van der Waals surface area contributed by atoms with Gasteiger partial charge in [0.05, 0.1) is 5.69 Å². The SMILES string of the molecule is CC1(CNCc2ccccn2)CCOCC1. The Bertz CT molecular complexity index is 307. The first-order chi connectivity index (χ1) is 7.79. The molecule has 2 rings (SSSR count). The summed E-state index contributed by atoms with van der Waals surface area (Å²) in [6, 6.07) is 6.03. The van der Waals surface area contributed by atoms with E-state index in [1.165, 1.54) is 0 Å². The third kappa shape index (κ3) is 3.29. The number of nitrogens with one attached hydrogen (secondary N) is 1. The van der Waals surface area contributed by atoms with Crippen molar-refractivity contribution in [3.8, 4) is 0 Å². The summed E-state index contributed by atoms with van der Waals surface area (Å²) >= 11 is 0. The average molecular weight is 220 g/mol. The summed E-state index contributed by atoms with van der Waals surface area (Å²) in [6.45, 7) is 6.05. The van der Waals surface area contributed by atoms with Crippen LogP contribution in [-0.2, 0) is 11.3 Å². The quantitative estimate of drug-likeness (QED) is 0.842. The van der Waals surface area contributed by atoms with E-state index in [1.807, 2.05) is 18.3 Å². The Balaban J connectivity index is 1.75. The summed E-state index contributed by atoms with van der Waals surface area (Å²) < 4.78 is 5.39. The van der Waals surface area contributed by atoms with Crippen molar-refractivity contribution >= 4 is 0 Å². The van der Waals surface area contributed by atoms with E-state index in [9.17, 15) is 0 Å². The molecule has 1 fully saturated rings. The lowest BCUT2D eigenvalue weighted by Gasteiger charge is -2.33. The molecule has 1 N–H and O–H groups in total. The lowest BCUT2D eigenvalue weighted by molar-refractivity contribution is 0.0240. The van der Waals surface area contributed by atoms with Gasteiger partial charge in [0.15, 0.2) is 0 Å². The van der Waals surface area contributed by atoms with Crippen molar-refractivity contribution in [3.05, 3.63) is 30.1 Å². The lowest BCUT2D eigenvalue weighted by Crippen LogP contribution is -2.36. The number of ether oxygens (including phenoxy) is 1. The highest BCUT2D eigenvalue weighted by atomic mass is 16.5. The van der Waals surface area contributed by atoms with Gasteiger partial charge in [-0.2, -0.15) is 0 Å². The molecule has 3 heteroatoms. The molecule has 1 aromatic heterocycles. The number of rotatable bonds is 4. The highest BCUT2D eigenvalue weighted by Gasteiger charge is 2.26. The van der Waals surface area contributed by atoms with Gasteiger partial charge in [-0.05, 0) is 30.4 Å². The fraction of sp³-hybridized carbons (Fsp3) is 0.615. The summed E-state index contributed by atoms with van der Waals surface area (Å²) in [4.78, 5) is 4.30. The molecule has 88 valence electrons. The topological polar surface area (TPSA) is 34.2 Å². The minimum atomic E-state index is 0.396. The van der Waals surface area contributed by atoms with E-state index in [0.717, 1.165) is 44.8 Å². The van der Waals surface area contributed by atoms with Crippen LogP contribution in [0.2, 0.25) is 0 Å². The Labute approximate surface area is 97.2 Å². The van der Waals surface area contributed by atoms with Gasteiger partial charge in [-0.25, -0.2) is 0 Å². The molecule has 0 aromatic carbocycles. The predicted molar refractivity (Wildman–Crippen MR) is 64.1 cm³/mol. The van der Waals surface area contributed by atoms with Gasteiger partial charge in [0.1, 0.15) is 0 Å². The van der Waals surface area contributed by atoms with Crippen LogP contribution in [0.1, 0.15) is 25.5 Å².